The van der Waals surface area contributed by atoms with E-state index in [1.807, 2.05) is 25.1 Å². The zero-order valence-electron chi connectivity index (χ0n) is 15.2. The molecule has 2 heterocycles. The first kappa shape index (κ1) is 22.8. The number of sulfonamides is 1. The summed E-state index contributed by atoms with van der Waals surface area (Å²) >= 11 is 6.59. The fourth-order valence-electron chi connectivity index (χ4n) is 2.17. The number of nitrogens with zero attached hydrogens (tertiary/aromatic N) is 2. The average Bonchev–Trinajstić information content (AvgIpc) is 3.04. The number of nitrogens with two attached hydrogens (primary N) is 1. The number of rotatable bonds is 3. The lowest BCUT2D eigenvalue weighted by Crippen LogP contribution is -2.15. The maximum atomic E-state index is 12.0. The Labute approximate surface area is 183 Å². The molecule has 0 spiro atoms. The Hall–Kier alpha value is -2.53. The van der Waals surface area contributed by atoms with Gasteiger partial charge in [-0.2, -0.15) is 0 Å². The van der Waals surface area contributed by atoms with Crippen LogP contribution in [0.4, 0.5) is 11.6 Å². The fraction of sp³-hybridized carbons (Fsp3) is 0.0556. The molecule has 0 unspecified atom stereocenters. The van der Waals surface area contributed by atoms with Crippen molar-refractivity contribution >= 4 is 67.8 Å². The summed E-state index contributed by atoms with van der Waals surface area (Å²) in [6.45, 7) is 1.82. The number of anilines is 2. The van der Waals surface area contributed by atoms with Gasteiger partial charge in [0, 0.05) is 18.1 Å². The number of aromatic amines is 1. The number of thiazole rings is 1. The maximum Gasteiger partial charge on any atom is 0.264 e. The number of nitrogens with one attached hydrogen (secondary N) is 2. The number of nitrogen functional groups attached to an aromatic ring is 1. The van der Waals surface area contributed by atoms with Gasteiger partial charge < -0.3 is 10.7 Å². The first-order chi connectivity index (χ1) is 13.3. The second kappa shape index (κ2) is 9.79. The number of aromatic nitrogens is 3. The van der Waals surface area contributed by atoms with Gasteiger partial charge in [0.25, 0.3) is 10.0 Å². The minimum atomic E-state index is -3.67. The van der Waals surface area contributed by atoms with Crippen LogP contribution in [0.15, 0.2) is 65.8 Å². The first-order valence-corrected chi connectivity index (χ1v) is 10.8. The molecule has 29 heavy (non-hydrogen) atoms. The smallest absolute Gasteiger partial charge is 0.264 e. The van der Waals surface area contributed by atoms with Crippen molar-refractivity contribution < 1.29 is 8.42 Å². The number of hydrogen-bond acceptors (Lipinski definition) is 7. The number of benzene rings is 2. The lowest BCUT2D eigenvalue weighted by atomic mass is 10.3. The van der Waals surface area contributed by atoms with Crippen molar-refractivity contribution in [2.45, 2.75) is 11.8 Å². The van der Waals surface area contributed by atoms with E-state index in [0.29, 0.717) is 5.69 Å². The number of hydrogen-bond donors (Lipinski definition) is 3. The molecule has 7 nitrogen and oxygen atoms in total. The molecular weight excluding hydrogens is 450 g/mol. The SMILES string of the molecule is Cc1cnc(NS(=O)(=O)c2ccc(N)cc2)nc1.Cl.S=c1[nH]c2ccccc2s1. The molecule has 4 aromatic rings. The molecule has 0 amide bonds. The second-order valence-corrected chi connectivity index (χ2v) is 9.17. The molecule has 11 heteroatoms. The Morgan fingerprint density at radius 1 is 1.07 bits per heavy atom. The van der Waals surface area contributed by atoms with E-state index in [2.05, 4.69) is 25.7 Å². The highest BCUT2D eigenvalue weighted by Crippen LogP contribution is 2.17. The summed E-state index contributed by atoms with van der Waals surface area (Å²) in [5.41, 5.74) is 7.99. The van der Waals surface area contributed by atoms with Gasteiger partial charge in [-0.1, -0.05) is 12.1 Å². The van der Waals surface area contributed by atoms with Crippen molar-refractivity contribution in [1.29, 1.82) is 0 Å². The van der Waals surface area contributed by atoms with Crippen molar-refractivity contribution in [2.75, 3.05) is 10.5 Å². The van der Waals surface area contributed by atoms with Crippen LogP contribution in [0.2, 0.25) is 0 Å². The van der Waals surface area contributed by atoms with Gasteiger partial charge >= 0.3 is 0 Å². The number of aryl methyl sites for hydroxylation is 1. The van der Waals surface area contributed by atoms with Gasteiger partial charge in [-0.25, -0.2) is 23.1 Å². The van der Waals surface area contributed by atoms with E-state index in [1.165, 1.54) is 41.4 Å². The molecule has 2 aromatic heterocycles. The van der Waals surface area contributed by atoms with E-state index in [0.717, 1.165) is 15.0 Å². The minimum absolute atomic E-state index is 0. The predicted molar refractivity (Wildman–Crippen MR) is 123 cm³/mol. The van der Waals surface area contributed by atoms with Crippen LogP contribution in [-0.4, -0.2) is 23.4 Å². The Kier molecular flexibility index (Phi) is 7.68. The van der Waals surface area contributed by atoms with E-state index < -0.39 is 10.0 Å². The highest BCUT2D eigenvalue weighted by atomic mass is 35.5. The zero-order valence-corrected chi connectivity index (χ0v) is 18.5. The van der Waals surface area contributed by atoms with Crippen molar-refractivity contribution in [3.05, 3.63) is 70.4 Å². The quantitative estimate of drug-likeness (QED) is 0.301. The molecule has 0 bridgehead atoms. The third-order valence-corrected chi connectivity index (χ3v) is 6.08. The van der Waals surface area contributed by atoms with Gasteiger partial charge in [0.2, 0.25) is 5.95 Å². The number of fused-ring (bicyclic) bond motifs is 1. The third-order valence-electron chi connectivity index (χ3n) is 3.52. The second-order valence-electron chi connectivity index (χ2n) is 5.77. The molecule has 0 atom stereocenters. The van der Waals surface area contributed by atoms with Crippen molar-refractivity contribution in [2.24, 2.45) is 0 Å². The Bertz CT molecular complexity index is 1200. The van der Waals surface area contributed by atoms with Crippen LogP contribution in [0.5, 0.6) is 0 Å². The maximum absolute atomic E-state index is 12.0. The number of halogens is 1. The van der Waals surface area contributed by atoms with Crippen LogP contribution in [0.1, 0.15) is 5.56 Å². The van der Waals surface area contributed by atoms with Gasteiger partial charge in [-0.05, 0) is 61.1 Å². The van der Waals surface area contributed by atoms with Crippen molar-refractivity contribution in [3.8, 4) is 0 Å². The normalized spacial score (nSPS) is 10.5. The highest BCUT2D eigenvalue weighted by molar-refractivity contribution is 7.92. The topological polar surface area (TPSA) is 114 Å². The van der Waals surface area contributed by atoms with Gasteiger partial charge in [-0.3, -0.25) is 0 Å². The molecule has 0 aliphatic rings. The van der Waals surface area contributed by atoms with Gasteiger partial charge in [0.05, 0.1) is 15.1 Å². The number of H-pyrrole nitrogens is 1. The van der Waals surface area contributed by atoms with Crippen molar-refractivity contribution in [3.63, 3.8) is 0 Å². The fourth-order valence-corrected chi connectivity index (χ4v) is 4.24. The van der Waals surface area contributed by atoms with Gasteiger partial charge in [0.1, 0.15) is 0 Å². The molecule has 0 aliphatic carbocycles. The van der Waals surface area contributed by atoms with Crippen LogP contribution < -0.4 is 10.5 Å². The third kappa shape index (κ3) is 6.23. The molecule has 2 aromatic carbocycles. The lowest BCUT2D eigenvalue weighted by Gasteiger charge is -2.06. The summed E-state index contributed by atoms with van der Waals surface area (Å²) in [7, 11) is -3.67. The summed E-state index contributed by atoms with van der Waals surface area (Å²) in [5.74, 6) is 0.0393. The molecule has 0 aliphatic heterocycles. The van der Waals surface area contributed by atoms with Crippen LogP contribution in [-0.2, 0) is 10.0 Å². The van der Waals surface area contributed by atoms with Crippen LogP contribution in [0.25, 0.3) is 10.2 Å². The Morgan fingerprint density at radius 2 is 1.69 bits per heavy atom. The van der Waals surface area contributed by atoms with E-state index in [9.17, 15) is 8.42 Å². The molecule has 0 saturated heterocycles. The number of para-hydroxylation sites is 1. The lowest BCUT2D eigenvalue weighted by molar-refractivity contribution is 0.601. The van der Waals surface area contributed by atoms with Crippen molar-refractivity contribution in [1.82, 2.24) is 15.0 Å². The largest absolute Gasteiger partial charge is 0.399 e. The monoisotopic (exact) mass is 467 g/mol. The molecule has 0 radical (unpaired) electrons. The molecule has 4 rings (SSSR count). The van der Waals surface area contributed by atoms with E-state index in [4.69, 9.17) is 18.0 Å². The Balaban J connectivity index is 0.000000231. The molecular formula is C18H18ClN5O2S3. The van der Waals surface area contributed by atoms with Crippen LogP contribution in [0, 0.1) is 10.9 Å². The summed E-state index contributed by atoms with van der Waals surface area (Å²) in [5, 5.41) is 0. The highest BCUT2D eigenvalue weighted by Gasteiger charge is 2.14. The summed E-state index contributed by atoms with van der Waals surface area (Å²) in [6, 6.07) is 14.0. The standard InChI is InChI=1S/C11H12N4O2S.C7H5NS2.ClH/c1-8-6-13-11(14-7-8)15-18(16,17)10-4-2-9(12)3-5-10;9-7-8-5-3-1-2-4-6(5)10-7;/h2-7H,12H2,1H3,(H,13,14,15);1-4H,(H,8,9);1H. The molecule has 0 fully saturated rings. The van der Waals surface area contributed by atoms with E-state index in [1.54, 1.807) is 11.3 Å². The first-order valence-electron chi connectivity index (χ1n) is 8.08. The van der Waals surface area contributed by atoms with Crippen LogP contribution in [0.3, 0.4) is 0 Å². The summed E-state index contributed by atoms with van der Waals surface area (Å²) < 4.78 is 28.3. The van der Waals surface area contributed by atoms with Gasteiger partial charge in [-0.15, -0.1) is 23.7 Å². The summed E-state index contributed by atoms with van der Waals surface area (Å²) in [6.07, 6.45) is 3.07. The van der Waals surface area contributed by atoms with Gasteiger partial charge in [0.15, 0.2) is 3.95 Å². The zero-order chi connectivity index (χ0) is 20.1. The molecule has 152 valence electrons. The Morgan fingerprint density at radius 3 is 2.31 bits per heavy atom. The predicted octanol–water partition coefficient (Wildman–Crippen LogP) is 4.55. The van der Waals surface area contributed by atoms with E-state index >= 15 is 0 Å². The minimum Gasteiger partial charge on any atom is -0.399 e. The average molecular weight is 468 g/mol. The molecule has 4 N–H and O–H groups in total. The summed E-state index contributed by atoms with van der Waals surface area (Å²) in [4.78, 5) is 11.0. The van der Waals surface area contributed by atoms with E-state index in [-0.39, 0.29) is 23.3 Å². The molecule has 0 saturated carbocycles. The van der Waals surface area contributed by atoms with Crippen LogP contribution >= 0.6 is 36.0 Å².